The molecule has 1 aliphatic heterocycles. The molecular formula is C23H40N4O2. The Balaban J connectivity index is 1.73. The third kappa shape index (κ3) is 6.29. The first-order valence-electron chi connectivity index (χ1n) is 11.6. The van der Waals surface area contributed by atoms with Crippen LogP contribution in [-0.4, -0.2) is 71.4 Å². The number of ether oxygens (including phenoxy) is 1. The molecule has 1 aliphatic carbocycles. The van der Waals surface area contributed by atoms with Crippen molar-refractivity contribution in [3.8, 4) is 0 Å². The molecule has 0 radical (unpaired) electrons. The van der Waals surface area contributed by atoms with Crippen LogP contribution >= 0.6 is 0 Å². The minimum absolute atomic E-state index is 0.143. The van der Waals surface area contributed by atoms with E-state index in [4.69, 9.17) is 9.84 Å². The summed E-state index contributed by atoms with van der Waals surface area (Å²) in [6, 6.07) is 2.07. The summed E-state index contributed by atoms with van der Waals surface area (Å²) in [6.45, 7) is 14.7. The van der Waals surface area contributed by atoms with E-state index in [-0.39, 0.29) is 11.4 Å². The minimum Gasteiger partial charge on any atom is -0.379 e. The first-order valence-corrected chi connectivity index (χ1v) is 11.6. The lowest BCUT2D eigenvalue weighted by atomic mass is 10.1. The van der Waals surface area contributed by atoms with E-state index in [0.717, 1.165) is 63.7 Å². The van der Waals surface area contributed by atoms with Gasteiger partial charge in [0, 0.05) is 38.6 Å². The molecule has 164 valence electrons. The van der Waals surface area contributed by atoms with E-state index in [1.807, 2.05) is 4.68 Å². The number of carbonyl (C=O) groups is 1. The summed E-state index contributed by atoms with van der Waals surface area (Å²) in [5, 5.41) is 4.85. The molecule has 0 bridgehead atoms. The second kappa shape index (κ2) is 10.1. The summed E-state index contributed by atoms with van der Waals surface area (Å²) in [5.41, 5.74) is 1.66. The maximum Gasteiger partial charge on any atom is 0.272 e. The highest BCUT2D eigenvalue weighted by molar-refractivity contribution is 5.93. The minimum atomic E-state index is -0.198. The molecule has 29 heavy (non-hydrogen) atoms. The highest BCUT2D eigenvalue weighted by Gasteiger charge is 2.32. The zero-order chi connectivity index (χ0) is 20.9. The van der Waals surface area contributed by atoms with Gasteiger partial charge in [0.25, 0.3) is 5.91 Å². The molecule has 1 amide bonds. The molecule has 0 spiro atoms. The Kier molecular flexibility index (Phi) is 7.74. The van der Waals surface area contributed by atoms with E-state index in [0.29, 0.717) is 5.92 Å². The van der Waals surface area contributed by atoms with E-state index >= 15 is 0 Å². The van der Waals surface area contributed by atoms with Crippen molar-refractivity contribution < 1.29 is 9.53 Å². The Bertz CT molecular complexity index is 654. The molecule has 1 saturated carbocycles. The van der Waals surface area contributed by atoms with Gasteiger partial charge in [0.15, 0.2) is 0 Å². The van der Waals surface area contributed by atoms with Crippen molar-refractivity contribution in [3.63, 3.8) is 0 Å². The lowest BCUT2D eigenvalue weighted by molar-refractivity contribution is 0.0321. The highest BCUT2D eigenvalue weighted by Crippen LogP contribution is 2.40. The number of nitrogens with zero attached hydrogens (tertiary/aromatic N) is 4. The molecule has 1 aromatic rings. The average Bonchev–Trinajstić information content (AvgIpc) is 3.44. The fourth-order valence-corrected chi connectivity index (χ4v) is 3.93. The molecule has 2 heterocycles. The van der Waals surface area contributed by atoms with Gasteiger partial charge in [0.05, 0.1) is 24.4 Å². The Morgan fingerprint density at radius 2 is 1.90 bits per heavy atom. The van der Waals surface area contributed by atoms with Gasteiger partial charge < -0.3 is 9.64 Å². The van der Waals surface area contributed by atoms with Gasteiger partial charge in [-0.1, -0.05) is 26.2 Å². The van der Waals surface area contributed by atoms with Gasteiger partial charge in [-0.25, -0.2) is 0 Å². The van der Waals surface area contributed by atoms with Crippen molar-refractivity contribution in [3.05, 3.63) is 17.5 Å². The van der Waals surface area contributed by atoms with E-state index in [1.54, 1.807) is 0 Å². The van der Waals surface area contributed by atoms with Crippen LogP contribution in [-0.2, 0) is 10.3 Å². The van der Waals surface area contributed by atoms with Crippen LogP contribution in [0, 0.1) is 0 Å². The van der Waals surface area contributed by atoms with Crippen LogP contribution in [0.25, 0.3) is 0 Å². The number of morpholine rings is 1. The molecule has 6 nitrogen and oxygen atoms in total. The Hall–Kier alpha value is -1.40. The zero-order valence-corrected chi connectivity index (χ0v) is 19.0. The van der Waals surface area contributed by atoms with E-state index < -0.39 is 0 Å². The molecule has 0 atom stereocenters. The van der Waals surface area contributed by atoms with Crippen molar-refractivity contribution in [1.82, 2.24) is 19.6 Å². The number of hydrogen-bond donors (Lipinski definition) is 0. The van der Waals surface area contributed by atoms with Gasteiger partial charge in [0.2, 0.25) is 0 Å². The number of unbranched alkanes of at least 4 members (excludes halogenated alkanes) is 3. The van der Waals surface area contributed by atoms with Crippen LogP contribution in [0.2, 0.25) is 0 Å². The fourth-order valence-electron chi connectivity index (χ4n) is 3.93. The number of hydrogen-bond acceptors (Lipinski definition) is 4. The van der Waals surface area contributed by atoms with Crippen LogP contribution in [0.1, 0.15) is 88.3 Å². The molecule has 0 aromatic carbocycles. The summed E-state index contributed by atoms with van der Waals surface area (Å²) in [6.07, 6.45) is 7.10. The van der Waals surface area contributed by atoms with Crippen molar-refractivity contribution in [2.24, 2.45) is 0 Å². The van der Waals surface area contributed by atoms with Crippen LogP contribution in [0.15, 0.2) is 6.07 Å². The summed E-state index contributed by atoms with van der Waals surface area (Å²) in [5.74, 6) is 0.695. The lowest BCUT2D eigenvalue weighted by Crippen LogP contribution is -2.44. The first kappa shape index (κ1) is 22.3. The predicted molar refractivity (Wildman–Crippen MR) is 117 cm³/mol. The molecule has 0 unspecified atom stereocenters. The Morgan fingerprint density at radius 1 is 1.17 bits per heavy atom. The lowest BCUT2D eigenvalue weighted by Gasteiger charge is -2.31. The summed E-state index contributed by atoms with van der Waals surface area (Å²) in [7, 11) is 0. The predicted octanol–water partition coefficient (Wildman–Crippen LogP) is 3.87. The Labute approximate surface area is 176 Å². The third-order valence-electron chi connectivity index (χ3n) is 5.94. The van der Waals surface area contributed by atoms with Crippen LogP contribution in [0.4, 0.5) is 0 Å². The number of carbonyl (C=O) groups excluding carboxylic acids is 1. The number of rotatable bonds is 10. The number of aromatic nitrogens is 2. The van der Waals surface area contributed by atoms with Gasteiger partial charge in [0.1, 0.15) is 5.69 Å². The van der Waals surface area contributed by atoms with Crippen molar-refractivity contribution in [2.75, 3.05) is 45.9 Å². The summed E-state index contributed by atoms with van der Waals surface area (Å²) < 4.78 is 7.43. The van der Waals surface area contributed by atoms with Crippen molar-refractivity contribution in [1.29, 1.82) is 0 Å². The Morgan fingerprint density at radius 3 is 2.52 bits per heavy atom. The van der Waals surface area contributed by atoms with Gasteiger partial charge in [-0.15, -0.1) is 0 Å². The quantitative estimate of drug-likeness (QED) is 0.556. The van der Waals surface area contributed by atoms with E-state index in [2.05, 4.69) is 43.6 Å². The number of amides is 1. The zero-order valence-electron chi connectivity index (χ0n) is 19.0. The maximum absolute atomic E-state index is 13.6. The second-order valence-electron chi connectivity index (χ2n) is 9.62. The van der Waals surface area contributed by atoms with Gasteiger partial charge >= 0.3 is 0 Å². The molecule has 6 heteroatoms. The van der Waals surface area contributed by atoms with Crippen LogP contribution in [0.3, 0.4) is 0 Å². The molecule has 0 N–H and O–H groups in total. The second-order valence-corrected chi connectivity index (χ2v) is 9.62. The standard InChI is InChI=1S/C23H40N4O2/c1-5-6-7-8-11-26(13-12-25-14-16-29-17-15-25)22(28)21-18-20(19-9-10-19)24-27(21)23(2,3)4/h18-19H,5-17H2,1-4H3. The summed E-state index contributed by atoms with van der Waals surface area (Å²) >= 11 is 0. The van der Waals surface area contributed by atoms with Crippen LogP contribution < -0.4 is 0 Å². The highest BCUT2D eigenvalue weighted by atomic mass is 16.5. The van der Waals surface area contributed by atoms with E-state index in [1.165, 1.54) is 32.1 Å². The third-order valence-corrected chi connectivity index (χ3v) is 5.94. The maximum atomic E-state index is 13.6. The molecule has 3 rings (SSSR count). The molecular weight excluding hydrogens is 364 g/mol. The fraction of sp³-hybridized carbons (Fsp3) is 0.826. The largest absolute Gasteiger partial charge is 0.379 e. The van der Waals surface area contributed by atoms with Crippen molar-refractivity contribution in [2.45, 2.75) is 77.7 Å². The van der Waals surface area contributed by atoms with E-state index in [9.17, 15) is 4.79 Å². The van der Waals surface area contributed by atoms with Crippen LogP contribution in [0.5, 0.6) is 0 Å². The first-order chi connectivity index (χ1) is 13.9. The average molecular weight is 405 g/mol. The van der Waals surface area contributed by atoms with Gasteiger partial charge in [-0.3, -0.25) is 14.4 Å². The van der Waals surface area contributed by atoms with Gasteiger partial charge in [-0.2, -0.15) is 5.10 Å². The van der Waals surface area contributed by atoms with Gasteiger partial charge in [-0.05, 0) is 46.1 Å². The molecule has 2 fully saturated rings. The normalized spacial score (nSPS) is 18.2. The topological polar surface area (TPSA) is 50.6 Å². The SMILES string of the molecule is CCCCCCN(CCN1CCOCC1)C(=O)c1cc(C2CC2)nn1C(C)(C)C. The molecule has 1 aromatic heterocycles. The smallest absolute Gasteiger partial charge is 0.272 e. The van der Waals surface area contributed by atoms with Crippen molar-refractivity contribution >= 4 is 5.91 Å². The summed E-state index contributed by atoms with van der Waals surface area (Å²) in [4.78, 5) is 18.1. The molecule has 1 saturated heterocycles. The monoisotopic (exact) mass is 404 g/mol. The molecule has 2 aliphatic rings.